The molecule has 0 aliphatic carbocycles. The van der Waals surface area contributed by atoms with Crippen LogP contribution >= 0.6 is 15.9 Å². The number of aromatic nitrogens is 1. The molecule has 2 heteroatoms. The maximum absolute atomic E-state index is 4.20. The summed E-state index contributed by atoms with van der Waals surface area (Å²) in [6.45, 7) is 2.11. The van der Waals surface area contributed by atoms with Gasteiger partial charge in [-0.3, -0.25) is 4.98 Å². The molecule has 0 aliphatic heterocycles. The van der Waals surface area contributed by atoms with Crippen molar-refractivity contribution >= 4 is 26.7 Å². The van der Waals surface area contributed by atoms with E-state index in [0.29, 0.717) is 4.83 Å². The predicted octanol–water partition coefficient (Wildman–Crippen LogP) is 3.69. The van der Waals surface area contributed by atoms with E-state index in [2.05, 4.69) is 46.0 Å². The van der Waals surface area contributed by atoms with E-state index in [9.17, 15) is 0 Å². The van der Waals surface area contributed by atoms with Crippen LogP contribution in [0.25, 0.3) is 10.8 Å². The summed E-state index contributed by atoms with van der Waals surface area (Å²) in [6, 6.07) is 8.30. The van der Waals surface area contributed by atoms with E-state index < -0.39 is 0 Å². The van der Waals surface area contributed by atoms with Gasteiger partial charge >= 0.3 is 0 Å². The number of hydrogen-bond acceptors (Lipinski definition) is 1. The molecular formula is C11H10BrN. The number of halogens is 1. The summed E-state index contributed by atoms with van der Waals surface area (Å²) in [5.41, 5.74) is 1.25. The van der Waals surface area contributed by atoms with Crippen LogP contribution in [0.4, 0.5) is 0 Å². The zero-order chi connectivity index (χ0) is 9.26. The number of alkyl halides is 1. The quantitative estimate of drug-likeness (QED) is 0.688. The van der Waals surface area contributed by atoms with Crippen molar-refractivity contribution in [2.75, 3.05) is 0 Å². The van der Waals surface area contributed by atoms with E-state index in [0.717, 1.165) is 0 Å². The van der Waals surface area contributed by atoms with Crippen molar-refractivity contribution in [1.82, 2.24) is 4.98 Å². The van der Waals surface area contributed by atoms with Gasteiger partial charge in [0.05, 0.1) is 0 Å². The largest absolute Gasteiger partial charge is 0.264 e. The first-order valence-electron chi connectivity index (χ1n) is 4.26. The van der Waals surface area contributed by atoms with Gasteiger partial charge in [-0.1, -0.05) is 40.2 Å². The lowest BCUT2D eigenvalue weighted by Gasteiger charge is -2.06. The second-order valence-corrected chi connectivity index (χ2v) is 4.44. The Balaban J connectivity index is 2.76. The second kappa shape index (κ2) is 3.46. The van der Waals surface area contributed by atoms with E-state index in [1.807, 2.05) is 18.5 Å². The van der Waals surface area contributed by atoms with Gasteiger partial charge in [0.1, 0.15) is 0 Å². The summed E-state index contributed by atoms with van der Waals surface area (Å²) in [4.78, 5) is 4.56. The number of rotatable bonds is 1. The molecule has 1 heterocycles. The number of nitrogens with zero attached hydrogens (tertiary/aromatic N) is 1. The van der Waals surface area contributed by atoms with Gasteiger partial charge in [-0.25, -0.2) is 0 Å². The van der Waals surface area contributed by atoms with Crippen molar-refractivity contribution < 1.29 is 0 Å². The van der Waals surface area contributed by atoms with Crippen LogP contribution < -0.4 is 0 Å². The normalized spacial score (nSPS) is 13.1. The lowest BCUT2D eigenvalue weighted by atomic mass is 10.1. The highest BCUT2D eigenvalue weighted by atomic mass is 79.9. The number of hydrogen-bond donors (Lipinski definition) is 0. The molecule has 0 amide bonds. The van der Waals surface area contributed by atoms with Crippen LogP contribution in [-0.4, -0.2) is 4.98 Å². The van der Waals surface area contributed by atoms with Crippen LogP contribution in [0.1, 0.15) is 17.3 Å². The van der Waals surface area contributed by atoms with E-state index in [1.165, 1.54) is 16.3 Å². The van der Waals surface area contributed by atoms with Gasteiger partial charge < -0.3 is 0 Å². The average Bonchev–Trinajstić information content (AvgIpc) is 2.17. The number of benzene rings is 1. The Hall–Kier alpha value is -0.890. The minimum absolute atomic E-state index is 0.353. The standard InChI is InChI=1S/C11H10BrN/c1-8(12)11-7-13-6-9-4-2-3-5-10(9)11/h2-8H,1H3. The molecule has 0 saturated heterocycles. The van der Waals surface area contributed by atoms with Gasteiger partial charge in [0.25, 0.3) is 0 Å². The minimum Gasteiger partial charge on any atom is -0.264 e. The van der Waals surface area contributed by atoms with Crippen LogP contribution in [0.3, 0.4) is 0 Å². The first-order valence-corrected chi connectivity index (χ1v) is 5.17. The summed E-state index contributed by atoms with van der Waals surface area (Å²) in [5, 5.41) is 2.48. The fraction of sp³-hybridized carbons (Fsp3) is 0.182. The Bertz CT molecular complexity index is 418. The predicted molar refractivity (Wildman–Crippen MR) is 59.1 cm³/mol. The molecule has 1 unspecified atom stereocenters. The Morgan fingerprint density at radius 2 is 2.00 bits per heavy atom. The molecule has 0 aliphatic rings. The molecule has 1 aromatic heterocycles. The van der Waals surface area contributed by atoms with Crippen LogP contribution in [0.15, 0.2) is 36.7 Å². The van der Waals surface area contributed by atoms with E-state index in [-0.39, 0.29) is 0 Å². The fourth-order valence-corrected chi connectivity index (χ4v) is 1.82. The smallest absolute Gasteiger partial charge is 0.0388 e. The molecule has 0 radical (unpaired) electrons. The van der Waals surface area contributed by atoms with E-state index in [1.54, 1.807) is 0 Å². The van der Waals surface area contributed by atoms with E-state index >= 15 is 0 Å². The maximum atomic E-state index is 4.20. The van der Waals surface area contributed by atoms with Crippen molar-refractivity contribution in [3.05, 3.63) is 42.2 Å². The van der Waals surface area contributed by atoms with Crippen molar-refractivity contribution in [2.24, 2.45) is 0 Å². The minimum atomic E-state index is 0.353. The summed E-state index contributed by atoms with van der Waals surface area (Å²) in [5.74, 6) is 0. The molecule has 0 fully saturated rings. The molecule has 1 atom stereocenters. The van der Waals surface area contributed by atoms with Gasteiger partial charge in [-0.2, -0.15) is 0 Å². The van der Waals surface area contributed by atoms with E-state index in [4.69, 9.17) is 0 Å². The third-order valence-corrected chi connectivity index (χ3v) is 2.62. The molecule has 0 N–H and O–H groups in total. The van der Waals surface area contributed by atoms with Crippen LogP contribution in [0.2, 0.25) is 0 Å². The van der Waals surface area contributed by atoms with Gasteiger partial charge in [0, 0.05) is 22.6 Å². The zero-order valence-electron chi connectivity index (χ0n) is 7.37. The molecular weight excluding hydrogens is 226 g/mol. The topological polar surface area (TPSA) is 12.9 Å². The average molecular weight is 236 g/mol. The molecule has 2 rings (SSSR count). The number of pyridine rings is 1. The maximum Gasteiger partial charge on any atom is 0.0388 e. The lowest BCUT2D eigenvalue weighted by Crippen LogP contribution is -1.87. The van der Waals surface area contributed by atoms with Crippen molar-refractivity contribution in [2.45, 2.75) is 11.8 Å². The Morgan fingerprint density at radius 3 is 2.77 bits per heavy atom. The fourth-order valence-electron chi connectivity index (χ4n) is 1.46. The highest BCUT2D eigenvalue weighted by molar-refractivity contribution is 9.09. The van der Waals surface area contributed by atoms with Gasteiger partial charge in [0.15, 0.2) is 0 Å². The van der Waals surface area contributed by atoms with Crippen molar-refractivity contribution in [3.63, 3.8) is 0 Å². The molecule has 0 spiro atoms. The molecule has 13 heavy (non-hydrogen) atoms. The summed E-state index contributed by atoms with van der Waals surface area (Å²) < 4.78 is 0. The Kier molecular flexibility index (Phi) is 2.32. The molecule has 1 aromatic carbocycles. The molecule has 0 bridgehead atoms. The molecule has 1 nitrogen and oxygen atoms in total. The summed E-state index contributed by atoms with van der Waals surface area (Å²) in [6.07, 6.45) is 3.82. The van der Waals surface area contributed by atoms with Crippen molar-refractivity contribution in [1.29, 1.82) is 0 Å². The van der Waals surface area contributed by atoms with Crippen LogP contribution in [-0.2, 0) is 0 Å². The Morgan fingerprint density at radius 1 is 1.23 bits per heavy atom. The SMILES string of the molecule is CC(Br)c1cncc2ccccc12. The third-order valence-electron chi connectivity index (χ3n) is 2.13. The van der Waals surface area contributed by atoms with Gasteiger partial charge in [-0.15, -0.1) is 0 Å². The zero-order valence-corrected chi connectivity index (χ0v) is 8.95. The second-order valence-electron chi connectivity index (χ2n) is 3.07. The first-order chi connectivity index (χ1) is 6.29. The highest BCUT2D eigenvalue weighted by Crippen LogP contribution is 2.27. The summed E-state index contributed by atoms with van der Waals surface area (Å²) in [7, 11) is 0. The molecule has 2 aromatic rings. The third kappa shape index (κ3) is 1.59. The summed E-state index contributed by atoms with van der Waals surface area (Å²) >= 11 is 3.56. The van der Waals surface area contributed by atoms with Crippen LogP contribution in [0, 0.1) is 0 Å². The van der Waals surface area contributed by atoms with Gasteiger partial charge in [-0.05, 0) is 17.9 Å². The first kappa shape index (κ1) is 8.70. The number of fused-ring (bicyclic) bond motifs is 1. The molecule has 66 valence electrons. The lowest BCUT2D eigenvalue weighted by molar-refractivity contribution is 1.11. The highest BCUT2D eigenvalue weighted by Gasteiger charge is 2.05. The van der Waals surface area contributed by atoms with Crippen LogP contribution in [0.5, 0.6) is 0 Å². The monoisotopic (exact) mass is 235 g/mol. The molecule has 0 saturated carbocycles. The van der Waals surface area contributed by atoms with Crippen molar-refractivity contribution in [3.8, 4) is 0 Å². The Labute approximate surface area is 85.9 Å². The van der Waals surface area contributed by atoms with Gasteiger partial charge in [0.2, 0.25) is 0 Å².